The molecule has 2 rings (SSSR count). The van der Waals surface area contributed by atoms with Crippen LogP contribution in [-0.2, 0) is 6.54 Å². The van der Waals surface area contributed by atoms with E-state index in [9.17, 15) is 10.2 Å². The number of hydrogen-bond donors (Lipinski definition) is 3. The fourth-order valence-corrected chi connectivity index (χ4v) is 2.05. The van der Waals surface area contributed by atoms with Crippen LogP contribution in [0.15, 0.2) is 30.3 Å². The Morgan fingerprint density at radius 2 is 1.74 bits per heavy atom. The quantitative estimate of drug-likeness (QED) is 0.744. The maximum Gasteiger partial charge on any atom is 0.134 e. The van der Waals surface area contributed by atoms with Crippen molar-refractivity contribution < 1.29 is 10.2 Å². The molecule has 0 saturated carbocycles. The summed E-state index contributed by atoms with van der Waals surface area (Å²) in [7, 11) is 0. The molecule has 2 aromatic carbocycles. The second-order valence-electron chi connectivity index (χ2n) is 4.59. The lowest BCUT2D eigenvalue weighted by Gasteiger charge is -2.12. The minimum absolute atomic E-state index is 0.0853. The van der Waals surface area contributed by atoms with Gasteiger partial charge >= 0.3 is 0 Å². The lowest BCUT2D eigenvalue weighted by atomic mass is 10.1. The third-order valence-electron chi connectivity index (χ3n) is 3.04. The van der Waals surface area contributed by atoms with Gasteiger partial charge in [0, 0.05) is 12.2 Å². The largest absolute Gasteiger partial charge is 0.508 e. The van der Waals surface area contributed by atoms with Gasteiger partial charge < -0.3 is 15.5 Å². The van der Waals surface area contributed by atoms with Crippen molar-refractivity contribution in [1.29, 1.82) is 0 Å². The van der Waals surface area contributed by atoms with E-state index in [1.807, 2.05) is 26.0 Å². The van der Waals surface area contributed by atoms with Crippen LogP contribution in [0.2, 0.25) is 5.02 Å². The second-order valence-corrected chi connectivity index (χ2v) is 5.00. The fourth-order valence-electron chi connectivity index (χ4n) is 1.85. The summed E-state index contributed by atoms with van der Waals surface area (Å²) in [5.74, 6) is 0.387. The van der Waals surface area contributed by atoms with Gasteiger partial charge in [-0.2, -0.15) is 0 Å². The Bertz CT molecular complexity index is 611. The highest BCUT2D eigenvalue weighted by Gasteiger charge is 2.04. The van der Waals surface area contributed by atoms with Crippen molar-refractivity contribution in [3.63, 3.8) is 0 Å². The zero-order valence-corrected chi connectivity index (χ0v) is 11.6. The molecule has 0 bridgehead atoms. The van der Waals surface area contributed by atoms with Crippen LogP contribution < -0.4 is 5.32 Å². The van der Waals surface area contributed by atoms with Crippen LogP contribution in [0.1, 0.15) is 16.7 Å². The Kier molecular flexibility index (Phi) is 3.86. The summed E-state index contributed by atoms with van der Waals surface area (Å²) in [6.07, 6.45) is 0. The SMILES string of the molecule is Cc1cc(NCc2ccc(O)c(Cl)c2)c(C)cc1O. The maximum absolute atomic E-state index is 9.60. The third-order valence-corrected chi connectivity index (χ3v) is 3.34. The van der Waals surface area contributed by atoms with Gasteiger partial charge in [0.2, 0.25) is 0 Å². The van der Waals surface area contributed by atoms with E-state index >= 15 is 0 Å². The van der Waals surface area contributed by atoms with Crippen molar-refractivity contribution >= 4 is 17.3 Å². The van der Waals surface area contributed by atoms with Gasteiger partial charge in [-0.15, -0.1) is 0 Å². The third kappa shape index (κ3) is 3.12. The van der Waals surface area contributed by atoms with E-state index in [1.54, 1.807) is 18.2 Å². The summed E-state index contributed by atoms with van der Waals surface area (Å²) in [6.45, 7) is 4.40. The molecule has 0 fully saturated rings. The molecule has 0 atom stereocenters. The topological polar surface area (TPSA) is 52.5 Å². The first-order chi connectivity index (χ1) is 8.97. The Morgan fingerprint density at radius 1 is 1.00 bits per heavy atom. The Labute approximate surface area is 117 Å². The molecular formula is C15H16ClNO2. The average molecular weight is 278 g/mol. The van der Waals surface area contributed by atoms with Crippen LogP contribution in [0.4, 0.5) is 5.69 Å². The van der Waals surface area contributed by atoms with Gasteiger partial charge in [-0.1, -0.05) is 17.7 Å². The number of halogens is 1. The van der Waals surface area contributed by atoms with E-state index in [4.69, 9.17) is 11.6 Å². The van der Waals surface area contributed by atoms with Crippen molar-refractivity contribution in [3.8, 4) is 11.5 Å². The molecule has 0 saturated heterocycles. The van der Waals surface area contributed by atoms with Crippen molar-refractivity contribution in [2.45, 2.75) is 20.4 Å². The predicted octanol–water partition coefficient (Wildman–Crippen LogP) is 3.98. The van der Waals surface area contributed by atoms with Gasteiger partial charge in [0.25, 0.3) is 0 Å². The Hall–Kier alpha value is -1.87. The number of phenols is 2. The molecule has 3 N–H and O–H groups in total. The lowest BCUT2D eigenvalue weighted by molar-refractivity contribution is 0.470. The Morgan fingerprint density at radius 3 is 2.42 bits per heavy atom. The summed E-state index contributed by atoms with van der Waals surface area (Å²) in [4.78, 5) is 0. The lowest BCUT2D eigenvalue weighted by Crippen LogP contribution is -2.01. The number of phenolic OH excluding ortho intramolecular Hbond substituents is 2. The molecule has 0 aliphatic rings. The first-order valence-electron chi connectivity index (χ1n) is 5.99. The molecule has 0 aliphatic heterocycles. The molecule has 0 heterocycles. The van der Waals surface area contributed by atoms with E-state index in [1.165, 1.54) is 0 Å². The smallest absolute Gasteiger partial charge is 0.134 e. The number of anilines is 1. The zero-order valence-electron chi connectivity index (χ0n) is 10.9. The predicted molar refractivity (Wildman–Crippen MR) is 78.0 cm³/mol. The normalized spacial score (nSPS) is 10.5. The first kappa shape index (κ1) is 13.6. The monoisotopic (exact) mass is 277 g/mol. The van der Waals surface area contributed by atoms with Crippen LogP contribution in [0.5, 0.6) is 11.5 Å². The number of rotatable bonds is 3. The number of aromatic hydroxyl groups is 2. The molecule has 0 radical (unpaired) electrons. The summed E-state index contributed by atoms with van der Waals surface area (Å²) in [6, 6.07) is 8.77. The maximum atomic E-state index is 9.60. The van der Waals surface area contributed by atoms with Crippen LogP contribution >= 0.6 is 11.6 Å². The van der Waals surface area contributed by atoms with Crippen LogP contribution in [-0.4, -0.2) is 10.2 Å². The number of aryl methyl sites for hydroxylation is 2. The van der Waals surface area contributed by atoms with Gasteiger partial charge in [-0.05, 0) is 54.8 Å². The molecule has 0 aliphatic carbocycles. The minimum Gasteiger partial charge on any atom is -0.508 e. The van der Waals surface area contributed by atoms with Crippen molar-refractivity contribution in [2.75, 3.05) is 5.32 Å². The molecule has 100 valence electrons. The molecular weight excluding hydrogens is 262 g/mol. The molecule has 2 aromatic rings. The summed E-state index contributed by atoms with van der Waals surface area (Å²) < 4.78 is 0. The molecule has 4 heteroatoms. The highest BCUT2D eigenvalue weighted by molar-refractivity contribution is 6.32. The molecule has 19 heavy (non-hydrogen) atoms. The fraction of sp³-hybridized carbons (Fsp3) is 0.200. The summed E-state index contributed by atoms with van der Waals surface area (Å²) in [5, 5.41) is 22.6. The van der Waals surface area contributed by atoms with Gasteiger partial charge in [0.1, 0.15) is 11.5 Å². The summed E-state index contributed by atoms with van der Waals surface area (Å²) in [5.41, 5.74) is 3.76. The summed E-state index contributed by atoms with van der Waals surface area (Å²) >= 11 is 5.86. The van der Waals surface area contributed by atoms with Gasteiger partial charge in [-0.3, -0.25) is 0 Å². The van der Waals surface area contributed by atoms with Crippen LogP contribution in [0, 0.1) is 13.8 Å². The highest BCUT2D eigenvalue weighted by atomic mass is 35.5. The van der Waals surface area contributed by atoms with Gasteiger partial charge in [-0.25, -0.2) is 0 Å². The minimum atomic E-state index is 0.0853. The molecule has 0 aromatic heterocycles. The number of hydrogen-bond acceptors (Lipinski definition) is 3. The van der Waals surface area contributed by atoms with Crippen molar-refractivity contribution in [2.24, 2.45) is 0 Å². The van der Waals surface area contributed by atoms with E-state index < -0.39 is 0 Å². The molecule has 0 spiro atoms. The van der Waals surface area contributed by atoms with Crippen LogP contribution in [0.3, 0.4) is 0 Å². The van der Waals surface area contributed by atoms with E-state index in [0.29, 0.717) is 17.3 Å². The standard InChI is InChI=1S/C15H16ClNO2/c1-9-6-15(19)10(2)5-13(9)17-8-11-3-4-14(18)12(16)7-11/h3-7,17-19H,8H2,1-2H3. The van der Waals surface area contributed by atoms with E-state index in [0.717, 1.165) is 22.4 Å². The Balaban J connectivity index is 2.14. The molecule has 0 unspecified atom stereocenters. The first-order valence-corrected chi connectivity index (χ1v) is 6.36. The van der Waals surface area contributed by atoms with E-state index in [-0.39, 0.29) is 5.75 Å². The average Bonchev–Trinajstić information content (AvgIpc) is 2.36. The van der Waals surface area contributed by atoms with Crippen molar-refractivity contribution in [3.05, 3.63) is 52.0 Å². The number of nitrogens with one attached hydrogen (secondary N) is 1. The highest BCUT2D eigenvalue weighted by Crippen LogP contribution is 2.27. The molecule has 3 nitrogen and oxygen atoms in total. The van der Waals surface area contributed by atoms with Gasteiger partial charge in [0.15, 0.2) is 0 Å². The van der Waals surface area contributed by atoms with Crippen LogP contribution in [0.25, 0.3) is 0 Å². The van der Waals surface area contributed by atoms with E-state index in [2.05, 4.69) is 5.32 Å². The zero-order chi connectivity index (χ0) is 14.0. The van der Waals surface area contributed by atoms with Gasteiger partial charge in [0.05, 0.1) is 5.02 Å². The second kappa shape index (κ2) is 5.41. The number of benzene rings is 2. The van der Waals surface area contributed by atoms with Crippen molar-refractivity contribution in [1.82, 2.24) is 0 Å². The molecule has 0 amide bonds.